The highest BCUT2D eigenvalue weighted by Gasteiger charge is 2.26. The van der Waals surface area contributed by atoms with Crippen molar-refractivity contribution < 1.29 is 9.90 Å². The molecule has 0 rings (SSSR count). The van der Waals surface area contributed by atoms with Crippen molar-refractivity contribution in [3.05, 3.63) is 12.2 Å². The van der Waals surface area contributed by atoms with E-state index in [1.165, 1.54) is 39.0 Å². The van der Waals surface area contributed by atoms with Crippen LogP contribution in [-0.4, -0.2) is 35.1 Å². The number of nitrogens with zero attached hydrogens (tertiary/aromatic N) is 1. The van der Waals surface area contributed by atoms with Crippen LogP contribution in [0.5, 0.6) is 0 Å². The first kappa shape index (κ1) is 21.8. The van der Waals surface area contributed by atoms with E-state index in [0.29, 0.717) is 0 Å². The van der Waals surface area contributed by atoms with Crippen LogP contribution < -0.4 is 0 Å². The molecule has 0 aromatic rings. The first-order chi connectivity index (χ1) is 9.21. The summed E-state index contributed by atoms with van der Waals surface area (Å²) < 4.78 is 0. The predicted molar refractivity (Wildman–Crippen MR) is 88.4 cm³/mol. The molecule has 0 aliphatic carbocycles. The number of rotatable bonds is 9. The van der Waals surface area contributed by atoms with Crippen LogP contribution in [0.3, 0.4) is 0 Å². The van der Waals surface area contributed by atoms with E-state index in [-0.39, 0.29) is 10.6 Å². The van der Waals surface area contributed by atoms with Gasteiger partial charge in [0.15, 0.2) is 0 Å². The number of alkyl halides is 1. The van der Waals surface area contributed by atoms with Gasteiger partial charge in [0.05, 0.1) is 5.00 Å². The zero-order valence-corrected chi connectivity index (χ0v) is 14.6. The van der Waals surface area contributed by atoms with Gasteiger partial charge in [-0.2, -0.15) is 0 Å². The Labute approximate surface area is 130 Å². The minimum absolute atomic E-state index is 0.105. The largest absolute Gasteiger partial charge is 0.478 e. The van der Waals surface area contributed by atoms with Crippen molar-refractivity contribution >= 4 is 17.6 Å². The zero-order valence-electron chi connectivity index (χ0n) is 13.8. The third-order valence-electron chi connectivity index (χ3n) is 3.37. The van der Waals surface area contributed by atoms with Crippen LogP contribution in [0.4, 0.5) is 0 Å². The van der Waals surface area contributed by atoms with E-state index in [4.69, 9.17) is 16.7 Å². The van der Waals surface area contributed by atoms with Crippen molar-refractivity contribution in [2.24, 2.45) is 0 Å². The number of carbonyl (C=O) groups is 1. The molecule has 1 unspecified atom stereocenters. The fourth-order valence-electron chi connectivity index (χ4n) is 1.72. The maximum absolute atomic E-state index is 9.60. The Morgan fingerprint density at radius 2 is 1.65 bits per heavy atom. The van der Waals surface area contributed by atoms with Crippen molar-refractivity contribution in [1.82, 2.24) is 4.90 Å². The van der Waals surface area contributed by atoms with Crippen LogP contribution in [0.15, 0.2) is 12.2 Å². The lowest BCUT2D eigenvalue weighted by Crippen LogP contribution is -2.37. The lowest BCUT2D eigenvalue weighted by Gasteiger charge is -2.33. The maximum Gasteiger partial charge on any atom is 0.330 e. The Hall–Kier alpha value is -0.540. The Morgan fingerprint density at radius 3 is 1.95 bits per heavy atom. The van der Waals surface area contributed by atoms with Gasteiger partial charge in [0.25, 0.3) is 0 Å². The normalized spacial score (nSPS) is 13.3. The van der Waals surface area contributed by atoms with Gasteiger partial charge in [-0.15, -0.1) is 11.6 Å². The molecular weight excluding hydrogens is 274 g/mol. The van der Waals surface area contributed by atoms with E-state index < -0.39 is 5.97 Å². The highest BCUT2D eigenvalue weighted by Crippen LogP contribution is 2.28. The molecule has 20 heavy (non-hydrogen) atoms. The second-order valence-corrected chi connectivity index (χ2v) is 6.12. The molecule has 3 nitrogen and oxygen atoms in total. The van der Waals surface area contributed by atoms with E-state index >= 15 is 0 Å². The lowest BCUT2D eigenvalue weighted by atomic mass is 10.0. The Morgan fingerprint density at radius 1 is 1.20 bits per heavy atom. The van der Waals surface area contributed by atoms with Crippen molar-refractivity contribution in [1.29, 1.82) is 0 Å². The van der Waals surface area contributed by atoms with Crippen LogP contribution >= 0.6 is 11.6 Å². The second kappa shape index (κ2) is 12.2. The van der Waals surface area contributed by atoms with Crippen LogP contribution in [0.2, 0.25) is 0 Å². The predicted octanol–water partition coefficient (Wildman–Crippen LogP) is 4.90. The van der Waals surface area contributed by atoms with E-state index in [2.05, 4.69) is 39.4 Å². The minimum atomic E-state index is -0.935. The summed E-state index contributed by atoms with van der Waals surface area (Å²) in [5.74, 6) is -0.935. The molecule has 0 saturated carbocycles. The van der Waals surface area contributed by atoms with Crippen LogP contribution in [0.1, 0.15) is 65.7 Å². The molecule has 0 spiro atoms. The number of halogens is 1. The van der Waals surface area contributed by atoms with Crippen molar-refractivity contribution in [3.8, 4) is 0 Å². The summed E-state index contributed by atoms with van der Waals surface area (Å²) in [5.41, 5.74) is 0.176. The molecule has 1 atom stereocenters. The molecule has 0 aromatic heterocycles. The third-order valence-corrected chi connectivity index (χ3v) is 4.17. The summed E-state index contributed by atoms with van der Waals surface area (Å²) in [6, 6.07) is 0. The van der Waals surface area contributed by atoms with E-state index in [9.17, 15) is 4.79 Å². The highest BCUT2D eigenvalue weighted by molar-refractivity contribution is 6.23. The fourth-order valence-corrected chi connectivity index (χ4v) is 1.85. The Kier molecular flexibility index (Phi) is 13.3. The first-order valence-electron chi connectivity index (χ1n) is 7.46. The first-order valence-corrected chi connectivity index (χ1v) is 7.84. The number of aliphatic carboxylic acids is 1. The summed E-state index contributed by atoms with van der Waals surface area (Å²) >= 11 is 6.50. The van der Waals surface area contributed by atoms with E-state index in [1.807, 2.05) is 0 Å². The van der Waals surface area contributed by atoms with Gasteiger partial charge in [-0.05, 0) is 33.9 Å². The van der Waals surface area contributed by atoms with Gasteiger partial charge in [-0.25, -0.2) is 4.79 Å². The van der Waals surface area contributed by atoms with Crippen LogP contribution in [0, 0.1) is 0 Å². The Bertz CT molecular complexity index is 268. The average Bonchev–Trinajstić information content (AvgIpc) is 2.38. The van der Waals surface area contributed by atoms with Gasteiger partial charge in [0, 0.05) is 5.57 Å². The average molecular weight is 306 g/mol. The molecule has 0 heterocycles. The maximum atomic E-state index is 9.60. The van der Waals surface area contributed by atoms with Gasteiger partial charge in [0.1, 0.15) is 0 Å². The van der Waals surface area contributed by atoms with Crippen molar-refractivity contribution in [3.63, 3.8) is 0 Å². The quantitative estimate of drug-likeness (QED) is 0.285. The molecule has 120 valence electrons. The standard InChI is InChI=1S/C12H26ClN.C4H6O2/c1-5-7-8-9-10-11-12(13,6-2)14(3)4;1-3(2)4(5)6/h5-11H2,1-4H3;1H2,2H3,(H,5,6). The SMILES string of the molecule is C=C(C)C(=O)O.CCCCCCCC(Cl)(CC)N(C)C. The van der Waals surface area contributed by atoms with E-state index in [0.717, 1.165) is 12.8 Å². The van der Waals surface area contributed by atoms with Gasteiger partial charge < -0.3 is 5.11 Å². The molecule has 0 fully saturated rings. The molecule has 0 bridgehead atoms. The van der Waals surface area contributed by atoms with E-state index in [1.54, 1.807) is 0 Å². The lowest BCUT2D eigenvalue weighted by molar-refractivity contribution is -0.132. The molecular formula is C16H32ClNO2. The number of unbranched alkanes of at least 4 members (excludes halogenated alkanes) is 4. The smallest absolute Gasteiger partial charge is 0.330 e. The molecule has 4 heteroatoms. The zero-order chi connectivity index (χ0) is 16.2. The summed E-state index contributed by atoms with van der Waals surface area (Å²) in [7, 11) is 4.14. The number of carboxylic acids is 1. The molecule has 0 aliphatic rings. The fraction of sp³-hybridized carbons (Fsp3) is 0.812. The molecule has 0 aliphatic heterocycles. The molecule has 1 N–H and O–H groups in total. The van der Waals surface area contributed by atoms with Crippen LogP contribution in [0.25, 0.3) is 0 Å². The molecule has 0 radical (unpaired) electrons. The molecule has 0 aromatic carbocycles. The number of hydrogen-bond acceptors (Lipinski definition) is 2. The van der Waals surface area contributed by atoms with Crippen molar-refractivity contribution in [2.45, 2.75) is 70.7 Å². The summed E-state index contributed by atoms with van der Waals surface area (Å²) in [6.45, 7) is 9.02. The molecule has 0 saturated heterocycles. The van der Waals surface area contributed by atoms with Gasteiger partial charge in [-0.1, -0.05) is 52.5 Å². The van der Waals surface area contributed by atoms with Crippen LogP contribution in [-0.2, 0) is 4.79 Å². The van der Waals surface area contributed by atoms with Gasteiger partial charge >= 0.3 is 5.97 Å². The van der Waals surface area contributed by atoms with Gasteiger partial charge in [0.2, 0.25) is 0 Å². The van der Waals surface area contributed by atoms with Gasteiger partial charge in [-0.3, -0.25) is 4.90 Å². The third kappa shape index (κ3) is 11.3. The summed E-state index contributed by atoms with van der Waals surface area (Å²) in [6.07, 6.45) is 8.76. The summed E-state index contributed by atoms with van der Waals surface area (Å²) in [5, 5.41) is 7.89. The summed E-state index contributed by atoms with van der Waals surface area (Å²) in [4.78, 5) is 11.6. The number of hydrogen-bond donors (Lipinski definition) is 1. The Balaban J connectivity index is 0. The minimum Gasteiger partial charge on any atom is -0.478 e. The second-order valence-electron chi connectivity index (χ2n) is 5.42. The highest BCUT2D eigenvalue weighted by atomic mass is 35.5. The van der Waals surface area contributed by atoms with Crippen molar-refractivity contribution in [2.75, 3.05) is 14.1 Å². The molecule has 0 amide bonds. The number of carboxylic acid groups (broad SMARTS) is 1. The monoisotopic (exact) mass is 305 g/mol. The topological polar surface area (TPSA) is 40.5 Å².